The molecule has 2 atom stereocenters. The molecule has 0 amide bonds. The van der Waals surface area contributed by atoms with E-state index in [1.807, 2.05) is 0 Å². The Bertz CT molecular complexity index is 422. The average Bonchev–Trinajstić information content (AvgIpc) is 2.30. The Hall–Kier alpha value is -0.800. The van der Waals surface area contributed by atoms with E-state index in [9.17, 15) is 4.39 Å². The van der Waals surface area contributed by atoms with Crippen LogP contribution >= 0.6 is 11.6 Å². The van der Waals surface area contributed by atoms with Crippen molar-refractivity contribution in [2.24, 2.45) is 5.92 Å². The standard InChI is InChI=1S/C14H20ClFN2/c1-9(2)13-8-18(10(3)7-17-13)14-5-4-11(15)6-12(14)16/h4-6,9-10,13,17H,7-8H2,1-3H3. The number of nitrogens with zero attached hydrogens (tertiary/aromatic N) is 1. The van der Waals surface area contributed by atoms with Crippen LogP contribution in [0.5, 0.6) is 0 Å². The molecule has 2 rings (SSSR count). The van der Waals surface area contributed by atoms with Gasteiger partial charge in [0.15, 0.2) is 0 Å². The molecule has 18 heavy (non-hydrogen) atoms. The van der Waals surface area contributed by atoms with E-state index in [1.165, 1.54) is 6.07 Å². The average molecular weight is 271 g/mol. The molecular formula is C14H20ClFN2. The van der Waals surface area contributed by atoms with Crippen LogP contribution in [0.3, 0.4) is 0 Å². The largest absolute Gasteiger partial charge is 0.364 e. The number of anilines is 1. The maximum atomic E-state index is 14.0. The first-order chi connectivity index (χ1) is 8.49. The zero-order valence-corrected chi connectivity index (χ0v) is 11.8. The quantitative estimate of drug-likeness (QED) is 0.887. The number of piperazine rings is 1. The molecule has 1 aliphatic rings. The van der Waals surface area contributed by atoms with Crippen molar-refractivity contribution >= 4 is 17.3 Å². The molecule has 1 N–H and O–H groups in total. The van der Waals surface area contributed by atoms with Gasteiger partial charge in [0, 0.05) is 30.2 Å². The minimum Gasteiger partial charge on any atom is -0.364 e. The normalized spacial score (nSPS) is 24.7. The highest BCUT2D eigenvalue weighted by Crippen LogP contribution is 2.26. The van der Waals surface area contributed by atoms with E-state index in [0.717, 1.165) is 13.1 Å². The van der Waals surface area contributed by atoms with Crippen LogP contribution in [0.15, 0.2) is 18.2 Å². The van der Waals surface area contributed by atoms with Crippen LogP contribution in [0.1, 0.15) is 20.8 Å². The molecule has 0 saturated carbocycles. The van der Waals surface area contributed by atoms with Gasteiger partial charge in [-0.1, -0.05) is 25.4 Å². The summed E-state index contributed by atoms with van der Waals surface area (Å²) in [5.74, 6) is 0.300. The third-order valence-corrected chi connectivity index (χ3v) is 3.86. The maximum absolute atomic E-state index is 14.0. The molecule has 0 aromatic heterocycles. The highest BCUT2D eigenvalue weighted by molar-refractivity contribution is 6.30. The van der Waals surface area contributed by atoms with Crippen molar-refractivity contribution in [1.29, 1.82) is 0 Å². The minimum absolute atomic E-state index is 0.237. The Kier molecular flexibility index (Phi) is 4.13. The summed E-state index contributed by atoms with van der Waals surface area (Å²) in [5.41, 5.74) is 0.652. The molecule has 100 valence electrons. The molecule has 4 heteroatoms. The van der Waals surface area contributed by atoms with E-state index in [1.54, 1.807) is 12.1 Å². The summed E-state index contributed by atoms with van der Waals surface area (Å²) in [6.07, 6.45) is 0. The SMILES string of the molecule is CC(C)C1CN(c2ccc(Cl)cc2F)C(C)CN1. The highest BCUT2D eigenvalue weighted by Gasteiger charge is 2.28. The molecule has 2 unspecified atom stereocenters. The molecule has 0 radical (unpaired) electrons. The van der Waals surface area contributed by atoms with Crippen LogP contribution in [0, 0.1) is 11.7 Å². The third-order valence-electron chi connectivity index (χ3n) is 3.62. The number of nitrogens with one attached hydrogen (secondary N) is 1. The molecular weight excluding hydrogens is 251 g/mol. The number of rotatable bonds is 2. The summed E-state index contributed by atoms with van der Waals surface area (Å²) in [6, 6.07) is 5.60. The zero-order chi connectivity index (χ0) is 13.3. The maximum Gasteiger partial charge on any atom is 0.147 e. The van der Waals surface area contributed by atoms with Crippen LogP contribution < -0.4 is 10.2 Å². The second kappa shape index (κ2) is 5.45. The fraction of sp³-hybridized carbons (Fsp3) is 0.571. The summed E-state index contributed by atoms with van der Waals surface area (Å²) < 4.78 is 14.0. The lowest BCUT2D eigenvalue weighted by atomic mass is 9.99. The van der Waals surface area contributed by atoms with Crippen molar-refractivity contribution < 1.29 is 4.39 Å². The predicted molar refractivity (Wildman–Crippen MR) is 74.8 cm³/mol. The van der Waals surface area contributed by atoms with Crippen molar-refractivity contribution in [1.82, 2.24) is 5.32 Å². The van der Waals surface area contributed by atoms with Crippen molar-refractivity contribution in [3.05, 3.63) is 29.0 Å². The van der Waals surface area contributed by atoms with Gasteiger partial charge in [-0.05, 0) is 31.0 Å². The fourth-order valence-electron chi connectivity index (χ4n) is 2.39. The summed E-state index contributed by atoms with van der Waals surface area (Å²) in [5, 5.41) is 3.95. The van der Waals surface area contributed by atoms with Crippen molar-refractivity contribution in [3.8, 4) is 0 Å². The lowest BCUT2D eigenvalue weighted by Gasteiger charge is -2.42. The predicted octanol–water partition coefficient (Wildman–Crippen LogP) is 3.30. The third kappa shape index (κ3) is 2.78. The summed E-state index contributed by atoms with van der Waals surface area (Å²) in [7, 11) is 0. The number of halogens is 2. The minimum atomic E-state index is -0.237. The van der Waals surface area contributed by atoms with Crippen molar-refractivity contribution in [2.75, 3.05) is 18.0 Å². The molecule has 0 bridgehead atoms. The van der Waals surface area contributed by atoms with Gasteiger partial charge in [-0.2, -0.15) is 0 Å². The Morgan fingerprint density at radius 1 is 1.44 bits per heavy atom. The Balaban J connectivity index is 2.24. The van der Waals surface area contributed by atoms with Crippen molar-refractivity contribution in [3.63, 3.8) is 0 Å². The molecule has 1 aromatic carbocycles. The topological polar surface area (TPSA) is 15.3 Å². The van der Waals surface area contributed by atoms with Gasteiger partial charge < -0.3 is 10.2 Å². The second-order valence-electron chi connectivity index (χ2n) is 5.36. The Morgan fingerprint density at radius 2 is 2.17 bits per heavy atom. The highest BCUT2D eigenvalue weighted by atomic mass is 35.5. The molecule has 1 aromatic rings. The Morgan fingerprint density at radius 3 is 2.78 bits per heavy atom. The number of hydrogen-bond donors (Lipinski definition) is 1. The summed E-state index contributed by atoms with van der Waals surface area (Å²) in [4.78, 5) is 2.13. The first kappa shape index (κ1) is 13.6. The van der Waals surface area contributed by atoms with Gasteiger partial charge in [-0.15, -0.1) is 0 Å². The first-order valence-corrected chi connectivity index (χ1v) is 6.82. The van der Waals surface area contributed by atoms with Crippen LogP contribution in [0.4, 0.5) is 10.1 Å². The molecule has 1 aliphatic heterocycles. The van der Waals surface area contributed by atoms with Crippen LogP contribution in [0.2, 0.25) is 5.02 Å². The van der Waals surface area contributed by atoms with Crippen molar-refractivity contribution in [2.45, 2.75) is 32.9 Å². The molecule has 1 saturated heterocycles. The molecule has 1 fully saturated rings. The van der Waals surface area contributed by atoms with E-state index >= 15 is 0 Å². The van der Waals surface area contributed by atoms with Gasteiger partial charge in [-0.25, -0.2) is 4.39 Å². The number of benzene rings is 1. The first-order valence-electron chi connectivity index (χ1n) is 6.44. The fourth-order valence-corrected chi connectivity index (χ4v) is 2.54. The van der Waals surface area contributed by atoms with Gasteiger partial charge in [-0.3, -0.25) is 0 Å². The van der Waals surface area contributed by atoms with Gasteiger partial charge in [0.2, 0.25) is 0 Å². The van der Waals surface area contributed by atoms with E-state index < -0.39 is 0 Å². The Labute approximate surface area is 113 Å². The van der Waals surface area contributed by atoms with Gasteiger partial charge in [0.1, 0.15) is 5.82 Å². The summed E-state index contributed by atoms with van der Waals surface area (Å²) in [6.45, 7) is 8.19. The van der Waals surface area contributed by atoms with Gasteiger partial charge in [0.05, 0.1) is 5.69 Å². The summed E-state index contributed by atoms with van der Waals surface area (Å²) >= 11 is 5.80. The molecule has 0 spiro atoms. The van der Waals surface area contributed by atoms with E-state index in [0.29, 0.717) is 22.7 Å². The van der Waals surface area contributed by atoms with Gasteiger partial charge >= 0.3 is 0 Å². The lowest BCUT2D eigenvalue weighted by molar-refractivity contribution is 0.335. The van der Waals surface area contributed by atoms with E-state index in [2.05, 4.69) is 31.0 Å². The molecule has 0 aliphatic carbocycles. The van der Waals surface area contributed by atoms with Gasteiger partial charge in [0.25, 0.3) is 0 Å². The van der Waals surface area contributed by atoms with Crippen LogP contribution in [0.25, 0.3) is 0 Å². The van der Waals surface area contributed by atoms with E-state index in [4.69, 9.17) is 11.6 Å². The second-order valence-corrected chi connectivity index (χ2v) is 5.79. The molecule has 1 heterocycles. The van der Waals surface area contributed by atoms with E-state index in [-0.39, 0.29) is 11.9 Å². The molecule has 2 nitrogen and oxygen atoms in total. The lowest BCUT2D eigenvalue weighted by Crippen LogP contribution is -2.57. The smallest absolute Gasteiger partial charge is 0.147 e. The number of hydrogen-bond acceptors (Lipinski definition) is 2. The van der Waals surface area contributed by atoms with Crippen LogP contribution in [-0.2, 0) is 0 Å². The monoisotopic (exact) mass is 270 g/mol. The zero-order valence-electron chi connectivity index (χ0n) is 11.1. The van der Waals surface area contributed by atoms with Crippen LogP contribution in [-0.4, -0.2) is 25.2 Å².